The van der Waals surface area contributed by atoms with E-state index < -0.39 is 0 Å². The molecule has 18 heavy (non-hydrogen) atoms. The molecule has 0 spiro atoms. The Morgan fingerprint density at radius 1 is 1.39 bits per heavy atom. The van der Waals surface area contributed by atoms with Crippen molar-refractivity contribution in [1.82, 2.24) is 15.0 Å². The SMILES string of the molecule is CCCc1c(CO)nnn1-c1cccc(SC)c1. The van der Waals surface area contributed by atoms with Gasteiger partial charge in [-0.1, -0.05) is 24.6 Å². The minimum Gasteiger partial charge on any atom is -0.390 e. The van der Waals surface area contributed by atoms with E-state index in [2.05, 4.69) is 29.4 Å². The number of nitrogens with zero attached hydrogens (tertiary/aromatic N) is 3. The van der Waals surface area contributed by atoms with E-state index in [-0.39, 0.29) is 6.61 Å². The van der Waals surface area contributed by atoms with Gasteiger partial charge in [-0.25, -0.2) is 4.68 Å². The van der Waals surface area contributed by atoms with Gasteiger partial charge >= 0.3 is 0 Å². The Labute approximate surface area is 111 Å². The quantitative estimate of drug-likeness (QED) is 0.842. The fourth-order valence-corrected chi connectivity index (χ4v) is 2.35. The van der Waals surface area contributed by atoms with Crippen molar-refractivity contribution < 1.29 is 5.11 Å². The average molecular weight is 263 g/mol. The molecular formula is C13H17N3OS. The summed E-state index contributed by atoms with van der Waals surface area (Å²) in [6, 6.07) is 8.17. The Morgan fingerprint density at radius 3 is 2.89 bits per heavy atom. The van der Waals surface area contributed by atoms with Crippen LogP contribution in [-0.2, 0) is 13.0 Å². The van der Waals surface area contributed by atoms with Gasteiger partial charge in [0.25, 0.3) is 0 Å². The van der Waals surface area contributed by atoms with Crippen LogP contribution in [0.3, 0.4) is 0 Å². The minimum atomic E-state index is -0.0580. The molecule has 1 aromatic heterocycles. The molecule has 0 saturated carbocycles. The van der Waals surface area contributed by atoms with E-state index in [0.29, 0.717) is 5.69 Å². The smallest absolute Gasteiger partial charge is 0.112 e. The van der Waals surface area contributed by atoms with Crippen molar-refractivity contribution in [1.29, 1.82) is 0 Å². The second-order valence-corrected chi connectivity index (χ2v) is 4.88. The fraction of sp³-hybridized carbons (Fsp3) is 0.385. The van der Waals surface area contributed by atoms with Crippen LogP contribution in [0.1, 0.15) is 24.7 Å². The molecule has 0 amide bonds. The van der Waals surface area contributed by atoms with E-state index in [1.54, 1.807) is 11.8 Å². The van der Waals surface area contributed by atoms with Crippen molar-refractivity contribution in [3.05, 3.63) is 35.7 Å². The molecule has 0 bridgehead atoms. The van der Waals surface area contributed by atoms with E-state index in [0.717, 1.165) is 24.2 Å². The summed E-state index contributed by atoms with van der Waals surface area (Å²) in [6.45, 7) is 2.05. The van der Waals surface area contributed by atoms with Gasteiger partial charge in [0, 0.05) is 4.90 Å². The molecule has 1 N–H and O–H groups in total. The molecule has 0 unspecified atom stereocenters. The number of thioether (sulfide) groups is 1. The summed E-state index contributed by atoms with van der Waals surface area (Å²) in [4.78, 5) is 1.19. The lowest BCUT2D eigenvalue weighted by Gasteiger charge is -2.07. The van der Waals surface area contributed by atoms with E-state index in [1.165, 1.54) is 4.90 Å². The first-order valence-electron chi connectivity index (χ1n) is 5.99. The second kappa shape index (κ2) is 6.02. The van der Waals surface area contributed by atoms with Crippen molar-refractivity contribution in [2.75, 3.05) is 6.26 Å². The molecule has 4 nitrogen and oxygen atoms in total. The standard InChI is InChI=1S/C13H17N3OS/c1-3-5-13-12(9-17)14-15-16(13)10-6-4-7-11(8-10)18-2/h4,6-8,17H,3,5,9H2,1-2H3. The molecule has 1 aromatic carbocycles. The van der Waals surface area contributed by atoms with Crippen molar-refractivity contribution >= 4 is 11.8 Å². The lowest BCUT2D eigenvalue weighted by atomic mass is 10.2. The van der Waals surface area contributed by atoms with Crippen LogP contribution in [0.5, 0.6) is 0 Å². The van der Waals surface area contributed by atoms with E-state index >= 15 is 0 Å². The highest BCUT2D eigenvalue weighted by Crippen LogP contribution is 2.20. The van der Waals surface area contributed by atoms with Crippen LogP contribution in [0.4, 0.5) is 0 Å². The number of aromatic nitrogens is 3. The summed E-state index contributed by atoms with van der Waals surface area (Å²) in [6.07, 6.45) is 3.92. The number of hydrogen-bond acceptors (Lipinski definition) is 4. The number of benzene rings is 1. The first-order chi connectivity index (χ1) is 8.80. The van der Waals surface area contributed by atoms with Crippen LogP contribution < -0.4 is 0 Å². The second-order valence-electron chi connectivity index (χ2n) is 4.00. The zero-order valence-corrected chi connectivity index (χ0v) is 11.4. The predicted octanol–water partition coefficient (Wildman–Crippen LogP) is 2.43. The van der Waals surface area contributed by atoms with Crippen LogP contribution in [0, 0.1) is 0 Å². The molecule has 5 heteroatoms. The highest BCUT2D eigenvalue weighted by atomic mass is 32.2. The van der Waals surface area contributed by atoms with Gasteiger partial charge in [0.05, 0.1) is 18.0 Å². The molecule has 1 heterocycles. The predicted molar refractivity (Wildman–Crippen MR) is 73.1 cm³/mol. The van der Waals surface area contributed by atoms with Crippen LogP contribution in [0.2, 0.25) is 0 Å². The average Bonchev–Trinajstić information content (AvgIpc) is 2.82. The molecule has 0 fully saturated rings. The van der Waals surface area contributed by atoms with Gasteiger partial charge in [-0.3, -0.25) is 0 Å². The summed E-state index contributed by atoms with van der Waals surface area (Å²) in [5.74, 6) is 0. The molecule has 0 atom stereocenters. The minimum absolute atomic E-state index is 0.0580. The monoisotopic (exact) mass is 263 g/mol. The molecule has 0 radical (unpaired) electrons. The molecule has 2 rings (SSSR count). The van der Waals surface area contributed by atoms with Crippen LogP contribution in [0.25, 0.3) is 5.69 Å². The summed E-state index contributed by atoms with van der Waals surface area (Å²) >= 11 is 1.70. The van der Waals surface area contributed by atoms with Gasteiger partial charge in [0.1, 0.15) is 5.69 Å². The van der Waals surface area contributed by atoms with E-state index in [1.807, 2.05) is 23.1 Å². The maximum Gasteiger partial charge on any atom is 0.112 e. The van der Waals surface area contributed by atoms with Gasteiger partial charge in [0.2, 0.25) is 0 Å². The highest BCUT2D eigenvalue weighted by molar-refractivity contribution is 7.98. The number of hydrogen-bond donors (Lipinski definition) is 1. The summed E-state index contributed by atoms with van der Waals surface area (Å²) < 4.78 is 1.83. The lowest BCUT2D eigenvalue weighted by Crippen LogP contribution is -2.03. The van der Waals surface area contributed by atoms with Crippen molar-refractivity contribution in [3.8, 4) is 5.69 Å². The summed E-state index contributed by atoms with van der Waals surface area (Å²) in [7, 11) is 0. The van der Waals surface area contributed by atoms with Crippen molar-refractivity contribution in [3.63, 3.8) is 0 Å². The van der Waals surface area contributed by atoms with Crippen LogP contribution >= 0.6 is 11.8 Å². The van der Waals surface area contributed by atoms with Gasteiger partial charge in [-0.05, 0) is 30.9 Å². The van der Waals surface area contributed by atoms with Gasteiger partial charge in [-0.15, -0.1) is 16.9 Å². The van der Waals surface area contributed by atoms with Gasteiger partial charge < -0.3 is 5.11 Å². The zero-order valence-electron chi connectivity index (χ0n) is 10.6. The Hall–Kier alpha value is -1.33. The van der Waals surface area contributed by atoms with Crippen molar-refractivity contribution in [2.45, 2.75) is 31.3 Å². The van der Waals surface area contributed by atoms with Gasteiger partial charge in [0.15, 0.2) is 0 Å². The first kappa shape index (κ1) is 13.1. The first-order valence-corrected chi connectivity index (χ1v) is 7.21. The largest absolute Gasteiger partial charge is 0.390 e. The summed E-state index contributed by atoms with van der Waals surface area (Å²) in [5, 5.41) is 17.5. The fourth-order valence-electron chi connectivity index (χ4n) is 1.89. The number of rotatable bonds is 5. The Kier molecular flexibility index (Phi) is 4.38. The Bertz CT molecular complexity index is 525. The molecule has 96 valence electrons. The summed E-state index contributed by atoms with van der Waals surface area (Å²) in [5.41, 5.74) is 2.67. The molecular weight excluding hydrogens is 246 g/mol. The molecule has 0 saturated heterocycles. The molecule has 0 aliphatic heterocycles. The topological polar surface area (TPSA) is 50.9 Å². The lowest BCUT2D eigenvalue weighted by molar-refractivity contribution is 0.275. The Balaban J connectivity index is 2.45. The van der Waals surface area contributed by atoms with E-state index in [4.69, 9.17) is 0 Å². The normalized spacial score (nSPS) is 10.8. The van der Waals surface area contributed by atoms with Crippen LogP contribution in [-0.4, -0.2) is 26.4 Å². The third-order valence-electron chi connectivity index (χ3n) is 2.78. The molecule has 0 aliphatic rings. The van der Waals surface area contributed by atoms with Gasteiger partial charge in [-0.2, -0.15) is 0 Å². The van der Waals surface area contributed by atoms with E-state index in [9.17, 15) is 5.11 Å². The highest BCUT2D eigenvalue weighted by Gasteiger charge is 2.12. The maximum atomic E-state index is 9.29. The third kappa shape index (κ3) is 2.57. The number of aliphatic hydroxyl groups is 1. The molecule has 2 aromatic rings. The zero-order chi connectivity index (χ0) is 13.0. The number of aliphatic hydroxyl groups excluding tert-OH is 1. The third-order valence-corrected chi connectivity index (χ3v) is 3.50. The maximum absolute atomic E-state index is 9.29. The molecule has 0 aliphatic carbocycles. The van der Waals surface area contributed by atoms with Crippen LogP contribution in [0.15, 0.2) is 29.2 Å². The van der Waals surface area contributed by atoms with Crippen molar-refractivity contribution in [2.24, 2.45) is 0 Å². The Morgan fingerprint density at radius 2 is 2.22 bits per heavy atom.